The van der Waals surface area contributed by atoms with Gasteiger partial charge in [-0.25, -0.2) is 0 Å². The van der Waals surface area contributed by atoms with E-state index in [0.717, 1.165) is 5.56 Å². The Hall–Kier alpha value is -2.76. The minimum atomic E-state index is -0.929. The lowest BCUT2D eigenvalue weighted by Gasteiger charge is -2.40. The smallest absolute Gasteiger partial charge is 0.303 e. The van der Waals surface area contributed by atoms with E-state index in [4.69, 9.17) is 14.2 Å². The van der Waals surface area contributed by atoms with Crippen LogP contribution < -0.4 is 0 Å². The molecule has 0 saturated carbocycles. The van der Waals surface area contributed by atoms with Gasteiger partial charge in [0.2, 0.25) is 17.7 Å². The van der Waals surface area contributed by atoms with E-state index in [1.165, 1.54) is 44.4 Å². The number of esters is 1. The molecular weight excluding hydrogens is 438 g/mol. The number of nitrogens with zero attached hydrogens (tertiary/aromatic N) is 3. The average molecular weight is 464 g/mol. The first-order chi connectivity index (χ1) is 15.2. The second kappa shape index (κ2) is 10.2. The highest BCUT2D eigenvalue weighted by molar-refractivity contribution is 8.14. The van der Waals surface area contributed by atoms with Crippen molar-refractivity contribution in [3.8, 4) is 0 Å². The second-order valence-electron chi connectivity index (χ2n) is 7.34. The Bertz CT molecular complexity index is 909. The summed E-state index contributed by atoms with van der Waals surface area (Å²) >= 11 is 1.18. The quantitative estimate of drug-likeness (QED) is 0.477. The summed E-state index contributed by atoms with van der Waals surface area (Å²) in [6.07, 6.45) is -1.85. The first-order valence-electron chi connectivity index (χ1n) is 9.99. The van der Waals surface area contributed by atoms with E-state index >= 15 is 0 Å². The van der Waals surface area contributed by atoms with Crippen molar-refractivity contribution in [1.82, 2.24) is 9.91 Å². The van der Waals surface area contributed by atoms with Crippen LogP contribution in [0.4, 0.5) is 0 Å². The largest absolute Gasteiger partial charge is 0.455 e. The Kier molecular flexibility index (Phi) is 7.64. The molecule has 3 amide bonds. The maximum absolute atomic E-state index is 12.6. The van der Waals surface area contributed by atoms with E-state index in [0.29, 0.717) is 5.01 Å². The fraction of sp³-hybridized carbons (Fsp3) is 0.476. The molecule has 2 heterocycles. The molecule has 172 valence electrons. The number of carbonyl (C=O) groups excluding carboxylic acids is 4. The second-order valence-corrected chi connectivity index (χ2v) is 8.55. The Morgan fingerprint density at radius 3 is 2.34 bits per heavy atom. The van der Waals surface area contributed by atoms with Crippen LogP contribution in [0.1, 0.15) is 33.3 Å². The van der Waals surface area contributed by atoms with Crippen LogP contribution in [0.3, 0.4) is 0 Å². The first kappa shape index (κ1) is 23.9. The van der Waals surface area contributed by atoms with Crippen molar-refractivity contribution in [1.29, 1.82) is 0 Å². The Labute approximate surface area is 189 Å². The van der Waals surface area contributed by atoms with Crippen LogP contribution in [0, 0.1) is 0 Å². The van der Waals surface area contributed by atoms with Crippen LogP contribution in [0.15, 0.2) is 35.4 Å². The van der Waals surface area contributed by atoms with Crippen molar-refractivity contribution in [2.24, 2.45) is 5.10 Å². The molecular formula is C21H25N3O7S. The van der Waals surface area contributed by atoms with Crippen molar-refractivity contribution < 1.29 is 33.4 Å². The van der Waals surface area contributed by atoms with E-state index in [1.807, 2.05) is 30.3 Å². The summed E-state index contributed by atoms with van der Waals surface area (Å²) in [4.78, 5) is 49.4. The van der Waals surface area contributed by atoms with E-state index in [-0.39, 0.29) is 29.5 Å². The molecule has 2 fully saturated rings. The summed E-state index contributed by atoms with van der Waals surface area (Å²) in [6, 6.07) is 8.79. The molecule has 0 aliphatic carbocycles. The average Bonchev–Trinajstić information content (AvgIpc) is 3.10. The van der Waals surface area contributed by atoms with Gasteiger partial charge in [-0.15, -0.1) is 5.10 Å². The molecule has 2 aliphatic heterocycles. The number of rotatable bonds is 5. The summed E-state index contributed by atoms with van der Waals surface area (Å²) in [5.41, 5.74) is 0.907. The van der Waals surface area contributed by atoms with Gasteiger partial charge in [-0.1, -0.05) is 42.1 Å². The number of ether oxygens (including phenoxy) is 3. The maximum atomic E-state index is 12.6. The van der Waals surface area contributed by atoms with Gasteiger partial charge in [-0.3, -0.25) is 24.1 Å². The van der Waals surface area contributed by atoms with Gasteiger partial charge in [-0.2, -0.15) is 5.01 Å². The van der Waals surface area contributed by atoms with Gasteiger partial charge in [0.15, 0.2) is 17.6 Å². The molecule has 3 rings (SSSR count). The van der Waals surface area contributed by atoms with Gasteiger partial charge >= 0.3 is 5.97 Å². The predicted octanol–water partition coefficient (Wildman–Crippen LogP) is 1.49. The van der Waals surface area contributed by atoms with Crippen molar-refractivity contribution in [3.63, 3.8) is 0 Å². The molecule has 0 radical (unpaired) electrons. The van der Waals surface area contributed by atoms with Gasteiger partial charge in [-0.05, 0) is 5.56 Å². The highest BCUT2D eigenvalue weighted by Crippen LogP contribution is 2.40. The molecule has 0 bridgehead atoms. The lowest BCUT2D eigenvalue weighted by Crippen LogP contribution is -2.59. The predicted molar refractivity (Wildman–Crippen MR) is 115 cm³/mol. The van der Waals surface area contributed by atoms with E-state index in [9.17, 15) is 19.2 Å². The van der Waals surface area contributed by atoms with Crippen molar-refractivity contribution in [2.45, 2.75) is 58.0 Å². The zero-order valence-corrected chi connectivity index (χ0v) is 19.0. The maximum Gasteiger partial charge on any atom is 0.303 e. The van der Waals surface area contributed by atoms with E-state index in [2.05, 4.69) is 5.10 Å². The fourth-order valence-electron chi connectivity index (χ4n) is 3.57. The molecule has 0 aromatic heterocycles. The normalized spacial score (nSPS) is 25.9. The third kappa shape index (κ3) is 5.34. The van der Waals surface area contributed by atoms with Gasteiger partial charge in [0.1, 0.15) is 0 Å². The minimum absolute atomic E-state index is 0.155. The molecule has 32 heavy (non-hydrogen) atoms. The molecule has 1 aromatic rings. The number of fused-ring (bicyclic) bond motifs is 1. The summed E-state index contributed by atoms with van der Waals surface area (Å²) in [7, 11) is 0. The number of benzene rings is 1. The van der Waals surface area contributed by atoms with Crippen LogP contribution in [-0.2, 0) is 40.0 Å². The van der Waals surface area contributed by atoms with Gasteiger partial charge in [0.25, 0.3) is 0 Å². The third-order valence-electron chi connectivity index (χ3n) is 4.85. The van der Waals surface area contributed by atoms with Crippen LogP contribution in [0.25, 0.3) is 0 Å². The summed E-state index contributed by atoms with van der Waals surface area (Å²) < 4.78 is 17.3. The third-order valence-corrected chi connectivity index (χ3v) is 6.06. The summed E-state index contributed by atoms with van der Waals surface area (Å²) in [5.74, 6) is -2.10. The number of amides is 3. The molecule has 2 saturated heterocycles. The number of hydrogen-bond acceptors (Lipinski definition) is 9. The zero-order valence-electron chi connectivity index (χ0n) is 18.2. The molecule has 0 spiro atoms. The van der Waals surface area contributed by atoms with Crippen LogP contribution in [-0.4, -0.2) is 69.1 Å². The summed E-state index contributed by atoms with van der Waals surface area (Å²) in [5, 5.41) is 4.63. The Balaban J connectivity index is 1.90. The topological polar surface area (TPSA) is 115 Å². The molecule has 0 unspecified atom stereocenters. The molecule has 4 atom stereocenters. The monoisotopic (exact) mass is 463 g/mol. The number of thioether (sulfide) groups is 1. The SMILES string of the molecule is CC(=O)O[C@@H]1[C@@H](OCc2ccccc2)OC[C@H]2S/C(=N\N(C(C)=O)C(C)=O)N(C(C)=O)[C@@H]12. The summed E-state index contributed by atoms with van der Waals surface area (Å²) in [6.45, 7) is 5.42. The zero-order chi connectivity index (χ0) is 23.4. The number of imide groups is 1. The van der Waals surface area contributed by atoms with Crippen molar-refractivity contribution in [3.05, 3.63) is 35.9 Å². The highest BCUT2D eigenvalue weighted by Gasteiger charge is 2.54. The molecule has 0 N–H and O–H groups in total. The van der Waals surface area contributed by atoms with E-state index < -0.39 is 36.2 Å². The minimum Gasteiger partial charge on any atom is -0.455 e. The van der Waals surface area contributed by atoms with Crippen molar-refractivity contribution in [2.75, 3.05) is 6.61 Å². The van der Waals surface area contributed by atoms with Crippen LogP contribution in [0.5, 0.6) is 0 Å². The van der Waals surface area contributed by atoms with Gasteiger partial charge in [0.05, 0.1) is 24.5 Å². The fourth-order valence-corrected chi connectivity index (χ4v) is 4.90. The van der Waals surface area contributed by atoms with E-state index in [1.54, 1.807) is 0 Å². The molecule has 2 aliphatic rings. The first-order valence-corrected chi connectivity index (χ1v) is 10.9. The standard InChI is InChI=1S/C21H25N3O7S/c1-12(25)23-18-17(32-21(23)22-24(13(2)26)14(3)27)11-30-20(19(18)31-15(4)28)29-10-16-8-6-5-7-9-16/h5-9,17-20H,10-11H2,1-4H3/b22-21-/t17-,18-,19+,20+/m1/s1. The number of carbonyl (C=O) groups is 4. The number of hydrogen-bond donors (Lipinski definition) is 0. The van der Waals surface area contributed by atoms with Crippen LogP contribution in [0.2, 0.25) is 0 Å². The Morgan fingerprint density at radius 1 is 1.12 bits per heavy atom. The Morgan fingerprint density at radius 2 is 1.78 bits per heavy atom. The molecule has 1 aromatic carbocycles. The van der Waals surface area contributed by atoms with Gasteiger partial charge < -0.3 is 14.2 Å². The number of amidine groups is 1. The highest BCUT2D eigenvalue weighted by atomic mass is 32.2. The van der Waals surface area contributed by atoms with Gasteiger partial charge in [0, 0.05) is 27.7 Å². The molecule has 10 nitrogen and oxygen atoms in total. The number of hydrazone groups is 1. The lowest BCUT2D eigenvalue weighted by molar-refractivity contribution is -0.240. The van der Waals surface area contributed by atoms with Crippen LogP contribution >= 0.6 is 11.8 Å². The van der Waals surface area contributed by atoms with Crippen molar-refractivity contribution >= 4 is 40.6 Å². The lowest BCUT2D eigenvalue weighted by atomic mass is 10.0. The molecule has 11 heteroatoms.